The standard InChI is InChI=1S/C11H23NO2/c1-5-6-7-9(10(13)14)12-8-11(2,3)4/h9,12H,5-8H2,1-4H3,(H,13,14). The van der Waals surface area contributed by atoms with Gasteiger partial charge in [-0.2, -0.15) is 0 Å². The van der Waals surface area contributed by atoms with Crippen LogP contribution in [0, 0.1) is 5.41 Å². The van der Waals surface area contributed by atoms with Crippen LogP contribution in [0.4, 0.5) is 0 Å². The van der Waals surface area contributed by atoms with Crippen molar-refractivity contribution in [3.63, 3.8) is 0 Å². The number of carboxylic acids is 1. The van der Waals surface area contributed by atoms with Crippen molar-refractivity contribution in [3.8, 4) is 0 Å². The quantitative estimate of drug-likeness (QED) is 0.693. The number of nitrogens with one attached hydrogen (secondary N) is 1. The molecular formula is C11H23NO2. The van der Waals surface area contributed by atoms with Crippen molar-refractivity contribution in [1.29, 1.82) is 0 Å². The Kier molecular flexibility index (Phi) is 5.77. The van der Waals surface area contributed by atoms with Gasteiger partial charge in [0.05, 0.1) is 0 Å². The number of hydrogen-bond acceptors (Lipinski definition) is 2. The Hall–Kier alpha value is -0.570. The zero-order valence-corrected chi connectivity index (χ0v) is 9.76. The minimum atomic E-state index is -0.734. The van der Waals surface area contributed by atoms with E-state index < -0.39 is 5.97 Å². The van der Waals surface area contributed by atoms with Crippen molar-refractivity contribution in [2.75, 3.05) is 6.54 Å². The molecule has 0 aliphatic carbocycles. The Morgan fingerprint density at radius 3 is 2.36 bits per heavy atom. The Balaban J connectivity index is 3.91. The number of aliphatic carboxylic acids is 1. The van der Waals surface area contributed by atoms with E-state index in [2.05, 4.69) is 33.0 Å². The first kappa shape index (κ1) is 13.4. The van der Waals surface area contributed by atoms with Crippen LogP contribution in [0.1, 0.15) is 47.0 Å². The average molecular weight is 201 g/mol. The van der Waals surface area contributed by atoms with Gasteiger partial charge in [-0.05, 0) is 11.8 Å². The third-order valence-corrected chi connectivity index (χ3v) is 2.02. The summed E-state index contributed by atoms with van der Waals surface area (Å²) in [5.41, 5.74) is 0.139. The molecule has 0 saturated carbocycles. The normalized spacial score (nSPS) is 14.0. The van der Waals surface area contributed by atoms with Gasteiger partial charge < -0.3 is 10.4 Å². The van der Waals surface area contributed by atoms with Crippen molar-refractivity contribution in [1.82, 2.24) is 5.32 Å². The molecule has 0 aliphatic heterocycles. The van der Waals surface area contributed by atoms with E-state index in [4.69, 9.17) is 5.11 Å². The molecular weight excluding hydrogens is 178 g/mol. The van der Waals surface area contributed by atoms with Gasteiger partial charge in [0.25, 0.3) is 0 Å². The Morgan fingerprint density at radius 1 is 1.43 bits per heavy atom. The number of hydrogen-bond donors (Lipinski definition) is 2. The fourth-order valence-electron chi connectivity index (χ4n) is 1.15. The molecule has 0 aromatic heterocycles. The van der Waals surface area contributed by atoms with Crippen LogP contribution >= 0.6 is 0 Å². The molecule has 0 spiro atoms. The van der Waals surface area contributed by atoms with E-state index in [0.29, 0.717) is 0 Å². The third kappa shape index (κ3) is 6.89. The number of carboxylic acid groups (broad SMARTS) is 1. The van der Waals surface area contributed by atoms with Gasteiger partial charge in [-0.1, -0.05) is 40.5 Å². The average Bonchev–Trinajstić information content (AvgIpc) is 2.01. The SMILES string of the molecule is CCCCC(NCC(C)(C)C)C(=O)O. The van der Waals surface area contributed by atoms with Gasteiger partial charge in [0.15, 0.2) is 0 Å². The van der Waals surface area contributed by atoms with Crippen LogP contribution in [0.15, 0.2) is 0 Å². The van der Waals surface area contributed by atoms with Gasteiger partial charge in [0.1, 0.15) is 6.04 Å². The molecule has 14 heavy (non-hydrogen) atoms. The maximum Gasteiger partial charge on any atom is 0.320 e. The number of unbranched alkanes of at least 4 members (excludes halogenated alkanes) is 1. The van der Waals surface area contributed by atoms with E-state index in [0.717, 1.165) is 25.8 Å². The van der Waals surface area contributed by atoms with Gasteiger partial charge in [0.2, 0.25) is 0 Å². The molecule has 0 aliphatic rings. The molecule has 0 amide bonds. The maximum atomic E-state index is 10.9. The highest BCUT2D eigenvalue weighted by atomic mass is 16.4. The molecule has 3 nitrogen and oxygen atoms in total. The zero-order chi connectivity index (χ0) is 11.2. The van der Waals surface area contributed by atoms with E-state index in [-0.39, 0.29) is 11.5 Å². The van der Waals surface area contributed by atoms with Crippen molar-refractivity contribution < 1.29 is 9.90 Å². The Morgan fingerprint density at radius 2 is 2.00 bits per heavy atom. The van der Waals surface area contributed by atoms with Crippen LogP contribution in [0.3, 0.4) is 0 Å². The fraction of sp³-hybridized carbons (Fsp3) is 0.909. The van der Waals surface area contributed by atoms with Crippen molar-refractivity contribution in [3.05, 3.63) is 0 Å². The molecule has 0 radical (unpaired) electrons. The summed E-state index contributed by atoms with van der Waals surface area (Å²) in [5, 5.41) is 12.0. The summed E-state index contributed by atoms with van der Waals surface area (Å²) in [4.78, 5) is 10.9. The molecule has 0 aromatic carbocycles. The molecule has 0 aromatic rings. The van der Waals surface area contributed by atoms with Crippen LogP contribution in [0.25, 0.3) is 0 Å². The molecule has 1 unspecified atom stereocenters. The highest BCUT2D eigenvalue weighted by Gasteiger charge is 2.19. The highest BCUT2D eigenvalue weighted by Crippen LogP contribution is 2.11. The van der Waals surface area contributed by atoms with E-state index in [1.54, 1.807) is 0 Å². The fourth-order valence-corrected chi connectivity index (χ4v) is 1.15. The van der Waals surface area contributed by atoms with E-state index in [9.17, 15) is 4.79 Å². The molecule has 0 bridgehead atoms. The molecule has 1 atom stereocenters. The first-order valence-corrected chi connectivity index (χ1v) is 5.33. The van der Waals surface area contributed by atoms with Crippen LogP contribution < -0.4 is 5.32 Å². The summed E-state index contributed by atoms with van der Waals surface area (Å²) in [7, 11) is 0. The van der Waals surface area contributed by atoms with Crippen LogP contribution in [-0.4, -0.2) is 23.7 Å². The Labute approximate surface area is 86.9 Å². The smallest absolute Gasteiger partial charge is 0.320 e. The van der Waals surface area contributed by atoms with Gasteiger partial charge in [-0.25, -0.2) is 0 Å². The molecule has 0 fully saturated rings. The molecule has 84 valence electrons. The summed E-state index contributed by atoms with van der Waals surface area (Å²) in [6.07, 6.45) is 2.73. The lowest BCUT2D eigenvalue weighted by atomic mass is 9.96. The lowest BCUT2D eigenvalue weighted by Crippen LogP contribution is -2.41. The number of carbonyl (C=O) groups is 1. The van der Waals surface area contributed by atoms with Crippen molar-refractivity contribution in [2.45, 2.75) is 53.0 Å². The maximum absolute atomic E-state index is 10.9. The first-order valence-electron chi connectivity index (χ1n) is 5.33. The predicted molar refractivity (Wildman–Crippen MR) is 58.4 cm³/mol. The summed E-state index contributed by atoms with van der Waals surface area (Å²) >= 11 is 0. The first-order chi connectivity index (χ1) is 6.37. The molecule has 0 heterocycles. The second kappa shape index (κ2) is 6.02. The summed E-state index contributed by atoms with van der Waals surface area (Å²) in [6.45, 7) is 9.10. The van der Waals surface area contributed by atoms with E-state index in [1.807, 2.05) is 0 Å². The van der Waals surface area contributed by atoms with Gasteiger partial charge >= 0.3 is 5.97 Å². The third-order valence-electron chi connectivity index (χ3n) is 2.02. The highest BCUT2D eigenvalue weighted by molar-refractivity contribution is 5.73. The topological polar surface area (TPSA) is 49.3 Å². The van der Waals surface area contributed by atoms with Crippen LogP contribution in [0.5, 0.6) is 0 Å². The summed E-state index contributed by atoms with van der Waals surface area (Å²) in [6, 6.07) is -0.380. The monoisotopic (exact) mass is 201 g/mol. The lowest BCUT2D eigenvalue weighted by molar-refractivity contribution is -0.139. The largest absolute Gasteiger partial charge is 0.480 e. The van der Waals surface area contributed by atoms with Crippen molar-refractivity contribution >= 4 is 5.97 Å². The zero-order valence-electron chi connectivity index (χ0n) is 9.76. The van der Waals surface area contributed by atoms with Crippen molar-refractivity contribution in [2.24, 2.45) is 5.41 Å². The van der Waals surface area contributed by atoms with Gasteiger partial charge in [0, 0.05) is 6.54 Å². The molecule has 2 N–H and O–H groups in total. The molecule has 3 heteroatoms. The minimum absolute atomic E-state index is 0.139. The number of rotatable bonds is 6. The summed E-state index contributed by atoms with van der Waals surface area (Å²) in [5.74, 6) is -0.734. The minimum Gasteiger partial charge on any atom is -0.480 e. The van der Waals surface area contributed by atoms with Gasteiger partial charge in [-0.15, -0.1) is 0 Å². The van der Waals surface area contributed by atoms with E-state index in [1.165, 1.54) is 0 Å². The van der Waals surface area contributed by atoms with Gasteiger partial charge in [-0.3, -0.25) is 4.79 Å². The predicted octanol–water partition coefficient (Wildman–Crippen LogP) is 2.27. The molecule has 0 saturated heterocycles. The lowest BCUT2D eigenvalue weighted by Gasteiger charge is -2.22. The van der Waals surface area contributed by atoms with E-state index >= 15 is 0 Å². The Bertz CT molecular complexity index is 173. The second-order valence-corrected chi connectivity index (χ2v) is 4.97. The molecule has 0 rings (SSSR count). The van der Waals surface area contributed by atoms with Crippen LogP contribution in [0.2, 0.25) is 0 Å². The second-order valence-electron chi connectivity index (χ2n) is 4.97. The summed E-state index contributed by atoms with van der Waals surface area (Å²) < 4.78 is 0. The van der Waals surface area contributed by atoms with Crippen LogP contribution in [-0.2, 0) is 4.79 Å².